The molecule has 0 aliphatic heterocycles. The second kappa shape index (κ2) is 3.79. The first kappa shape index (κ1) is 10.1. The van der Waals surface area contributed by atoms with E-state index in [-0.39, 0.29) is 21.3 Å². The Bertz CT molecular complexity index is 371. The molecule has 68 valence electrons. The summed E-state index contributed by atoms with van der Waals surface area (Å²) in [6, 6.07) is 1.78. The van der Waals surface area contributed by atoms with E-state index < -0.39 is 6.43 Å². The third-order valence-electron chi connectivity index (χ3n) is 1.59. The average molecular weight is 247 g/mol. The van der Waals surface area contributed by atoms with Crippen LogP contribution in [-0.2, 0) is 0 Å². The molecule has 1 rings (SSSR count). The smallest absolute Gasteiger partial charge is 0.260 e. The zero-order valence-electron chi connectivity index (χ0n) is 6.68. The summed E-state index contributed by atoms with van der Waals surface area (Å²) in [4.78, 5) is 3.70. The van der Waals surface area contributed by atoms with Gasteiger partial charge in [0.15, 0.2) is 0 Å². The van der Waals surface area contributed by atoms with E-state index in [1.54, 1.807) is 6.07 Å². The lowest BCUT2D eigenvalue weighted by Gasteiger charge is -2.06. The molecule has 0 aromatic carbocycles. The molecule has 0 saturated carbocycles. The fraction of sp³-hybridized carbons (Fsp3) is 0.250. The molecular formula is C8H5BrF2N2. The number of pyridine rings is 1. The molecule has 0 unspecified atom stereocenters. The van der Waals surface area contributed by atoms with E-state index >= 15 is 0 Å². The van der Waals surface area contributed by atoms with Crippen LogP contribution in [0.2, 0.25) is 0 Å². The van der Waals surface area contributed by atoms with Crippen LogP contribution in [0.25, 0.3) is 0 Å². The maximum atomic E-state index is 12.4. The molecule has 0 amide bonds. The van der Waals surface area contributed by atoms with Crippen molar-refractivity contribution in [2.24, 2.45) is 0 Å². The van der Waals surface area contributed by atoms with Gasteiger partial charge < -0.3 is 0 Å². The molecular weight excluding hydrogens is 242 g/mol. The summed E-state index contributed by atoms with van der Waals surface area (Å²) in [6.45, 7) is 1.48. The summed E-state index contributed by atoms with van der Waals surface area (Å²) in [5.74, 6) is 0. The van der Waals surface area contributed by atoms with Crippen molar-refractivity contribution in [1.29, 1.82) is 5.26 Å². The number of nitriles is 1. The number of alkyl halides is 2. The van der Waals surface area contributed by atoms with Crippen LogP contribution in [0.1, 0.15) is 23.2 Å². The highest BCUT2D eigenvalue weighted by Crippen LogP contribution is 2.31. The van der Waals surface area contributed by atoms with Gasteiger partial charge >= 0.3 is 0 Å². The highest BCUT2D eigenvalue weighted by molar-refractivity contribution is 9.10. The molecule has 1 aromatic rings. The van der Waals surface area contributed by atoms with Crippen LogP contribution < -0.4 is 0 Å². The maximum Gasteiger partial charge on any atom is 0.266 e. The number of halogens is 3. The molecule has 0 bridgehead atoms. The summed E-state index contributed by atoms with van der Waals surface area (Å²) in [7, 11) is 0. The van der Waals surface area contributed by atoms with Crippen molar-refractivity contribution in [3.8, 4) is 6.07 Å². The third kappa shape index (κ3) is 1.83. The normalized spacial score (nSPS) is 10.2. The summed E-state index contributed by atoms with van der Waals surface area (Å²) >= 11 is 2.95. The van der Waals surface area contributed by atoms with Crippen LogP contribution in [-0.4, -0.2) is 4.98 Å². The van der Waals surface area contributed by atoms with Gasteiger partial charge in [-0.05, 0) is 22.9 Å². The third-order valence-corrected chi connectivity index (χ3v) is 2.44. The molecule has 13 heavy (non-hydrogen) atoms. The molecule has 5 heteroatoms. The Morgan fingerprint density at radius 3 is 2.69 bits per heavy atom. The summed E-state index contributed by atoms with van der Waals surface area (Å²) in [6.07, 6.45) is -1.35. The van der Waals surface area contributed by atoms with E-state index in [1.807, 2.05) is 0 Å². The predicted molar refractivity (Wildman–Crippen MR) is 46.3 cm³/mol. The summed E-state index contributed by atoms with van der Waals surface area (Å²) < 4.78 is 25.0. The van der Waals surface area contributed by atoms with E-state index in [9.17, 15) is 8.78 Å². The molecule has 0 aliphatic carbocycles. The van der Waals surface area contributed by atoms with E-state index in [2.05, 4.69) is 20.9 Å². The average Bonchev–Trinajstić information content (AvgIpc) is 2.04. The molecule has 2 nitrogen and oxygen atoms in total. The van der Waals surface area contributed by atoms with Gasteiger partial charge in [0.25, 0.3) is 6.43 Å². The molecule has 0 N–H and O–H groups in total. The van der Waals surface area contributed by atoms with Gasteiger partial charge in [0, 0.05) is 16.4 Å². The quantitative estimate of drug-likeness (QED) is 0.764. The summed E-state index contributed by atoms with van der Waals surface area (Å²) in [5, 5.41) is 8.55. The van der Waals surface area contributed by atoms with Crippen LogP contribution >= 0.6 is 15.9 Å². The topological polar surface area (TPSA) is 36.7 Å². The Labute approximate surface area is 82.3 Å². The van der Waals surface area contributed by atoms with Crippen LogP contribution in [0.5, 0.6) is 0 Å². The van der Waals surface area contributed by atoms with Gasteiger partial charge in [0.05, 0.1) is 11.1 Å². The SMILES string of the molecule is Cc1ncc(C#N)c(Br)c1C(F)F. The first-order valence-electron chi connectivity index (χ1n) is 3.41. The largest absolute Gasteiger partial charge is 0.266 e. The van der Waals surface area contributed by atoms with Gasteiger partial charge in [-0.2, -0.15) is 5.26 Å². The highest BCUT2D eigenvalue weighted by atomic mass is 79.9. The van der Waals surface area contributed by atoms with E-state index in [0.717, 1.165) is 0 Å². The first-order valence-corrected chi connectivity index (χ1v) is 4.20. The molecule has 0 radical (unpaired) electrons. The van der Waals surface area contributed by atoms with Crippen molar-refractivity contribution in [3.63, 3.8) is 0 Å². The van der Waals surface area contributed by atoms with Gasteiger partial charge in [-0.3, -0.25) is 4.98 Å². The van der Waals surface area contributed by atoms with Gasteiger partial charge in [-0.1, -0.05) is 0 Å². The molecule has 1 aromatic heterocycles. The lowest BCUT2D eigenvalue weighted by atomic mass is 10.1. The molecule has 0 atom stereocenters. The Morgan fingerprint density at radius 1 is 1.62 bits per heavy atom. The highest BCUT2D eigenvalue weighted by Gasteiger charge is 2.18. The molecule has 1 heterocycles. The van der Waals surface area contributed by atoms with Gasteiger partial charge in [0.2, 0.25) is 0 Å². The number of nitrogens with zero attached hydrogens (tertiary/aromatic N) is 2. The standard InChI is InChI=1S/C8H5BrF2N2/c1-4-6(8(10)11)7(9)5(2-12)3-13-4/h3,8H,1H3. The van der Waals surface area contributed by atoms with Gasteiger partial charge in [0.1, 0.15) is 6.07 Å². The van der Waals surface area contributed by atoms with E-state index in [0.29, 0.717) is 0 Å². The van der Waals surface area contributed by atoms with E-state index in [4.69, 9.17) is 5.26 Å². The number of hydrogen-bond acceptors (Lipinski definition) is 2. The minimum Gasteiger partial charge on any atom is -0.260 e. The Kier molecular flexibility index (Phi) is 2.94. The Hall–Kier alpha value is -1.02. The zero-order chi connectivity index (χ0) is 10.0. The van der Waals surface area contributed by atoms with Crippen molar-refractivity contribution in [3.05, 3.63) is 27.5 Å². The molecule has 0 spiro atoms. The van der Waals surface area contributed by atoms with Crippen molar-refractivity contribution >= 4 is 15.9 Å². The van der Waals surface area contributed by atoms with Crippen LogP contribution in [0.15, 0.2) is 10.7 Å². The lowest BCUT2D eigenvalue weighted by Crippen LogP contribution is -1.97. The second-order valence-electron chi connectivity index (χ2n) is 2.40. The van der Waals surface area contributed by atoms with Crippen LogP contribution in [0, 0.1) is 18.3 Å². The van der Waals surface area contributed by atoms with Crippen LogP contribution in [0.4, 0.5) is 8.78 Å². The number of hydrogen-bond donors (Lipinski definition) is 0. The number of rotatable bonds is 1. The summed E-state index contributed by atoms with van der Waals surface area (Å²) in [5.41, 5.74) is 0.154. The van der Waals surface area contributed by atoms with Crippen LogP contribution in [0.3, 0.4) is 0 Å². The van der Waals surface area contributed by atoms with E-state index in [1.165, 1.54) is 13.1 Å². The van der Waals surface area contributed by atoms with Crippen molar-refractivity contribution in [1.82, 2.24) is 4.98 Å². The minimum absolute atomic E-state index is 0.126. The predicted octanol–water partition coefficient (Wildman–Crippen LogP) is 2.96. The molecule has 0 aliphatic rings. The van der Waals surface area contributed by atoms with Gasteiger partial charge in [-0.25, -0.2) is 8.78 Å². The maximum absolute atomic E-state index is 12.4. The lowest BCUT2D eigenvalue weighted by molar-refractivity contribution is 0.149. The molecule has 0 saturated heterocycles. The monoisotopic (exact) mass is 246 g/mol. The fourth-order valence-corrected chi connectivity index (χ4v) is 1.57. The Balaban J connectivity index is 3.41. The van der Waals surface area contributed by atoms with Crippen molar-refractivity contribution in [2.75, 3.05) is 0 Å². The second-order valence-corrected chi connectivity index (χ2v) is 3.19. The number of aryl methyl sites for hydroxylation is 1. The minimum atomic E-state index is -2.62. The fourth-order valence-electron chi connectivity index (χ4n) is 0.923. The van der Waals surface area contributed by atoms with Crippen molar-refractivity contribution < 1.29 is 8.78 Å². The van der Waals surface area contributed by atoms with Gasteiger partial charge in [-0.15, -0.1) is 0 Å². The number of aromatic nitrogens is 1. The first-order chi connectivity index (χ1) is 6.07. The molecule has 0 fully saturated rings. The zero-order valence-corrected chi connectivity index (χ0v) is 8.27. The Morgan fingerprint density at radius 2 is 2.23 bits per heavy atom. The van der Waals surface area contributed by atoms with Crippen molar-refractivity contribution in [2.45, 2.75) is 13.3 Å².